The van der Waals surface area contributed by atoms with Gasteiger partial charge in [0.25, 0.3) is 0 Å². The molecule has 2 fully saturated rings. The van der Waals surface area contributed by atoms with Crippen LogP contribution in [-0.2, 0) is 16.6 Å². The quantitative estimate of drug-likeness (QED) is 0.795. The number of likely N-dealkylation sites (N-methyl/N-ethyl adjacent to an activating group) is 1. The second-order valence-electron chi connectivity index (χ2n) is 6.43. The Morgan fingerprint density at radius 2 is 2.55 bits per heavy atom. The van der Waals surface area contributed by atoms with E-state index >= 15 is 0 Å². The predicted octanol–water partition coefficient (Wildman–Crippen LogP) is 1.93. The minimum Gasteiger partial charge on any atom is -0.493 e. The summed E-state index contributed by atoms with van der Waals surface area (Å²) in [5.74, 6) is -1.56. The fourth-order valence-electron chi connectivity index (χ4n) is 4.82. The van der Waals surface area contributed by atoms with Gasteiger partial charge in [0, 0.05) is 31.6 Å². The van der Waals surface area contributed by atoms with Crippen LogP contribution in [0.1, 0.15) is 42.7 Å². The second-order valence-corrected chi connectivity index (χ2v) is 6.43. The van der Waals surface area contributed by atoms with Gasteiger partial charge in [-0.15, -0.1) is 0 Å². The molecule has 2 heterocycles. The van der Waals surface area contributed by atoms with Crippen LogP contribution in [-0.4, -0.2) is 43.4 Å². The number of piperidine rings is 1. The van der Waals surface area contributed by atoms with Crippen molar-refractivity contribution in [2.45, 2.75) is 43.2 Å². The lowest BCUT2D eigenvalue weighted by atomic mass is 9.52. The highest BCUT2D eigenvalue weighted by atomic mass is 16.5. The van der Waals surface area contributed by atoms with Gasteiger partial charge in [-0.2, -0.15) is 0 Å². The van der Waals surface area contributed by atoms with Crippen LogP contribution in [0.4, 0.5) is 0 Å². The van der Waals surface area contributed by atoms with Gasteiger partial charge in [-0.05, 0) is 50.3 Å². The summed E-state index contributed by atoms with van der Waals surface area (Å²) in [4.78, 5) is 14.2. The number of hydrogen-bond acceptors (Lipinski definition) is 4. The molecule has 2 bridgehead atoms. The fraction of sp³-hybridized carbons (Fsp3) is 0.611. The molecule has 4 atom stereocenters. The highest BCUT2D eigenvalue weighted by Crippen LogP contribution is 2.62. The first kappa shape index (κ1) is 6.91. The van der Waals surface area contributed by atoms with Crippen LogP contribution in [0.25, 0.3) is 0 Å². The van der Waals surface area contributed by atoms with Gasteiger partial charge in [0.1, 0.15) is 0 Å². The van der Waals surface area contributed by atoms with Crippen molar-refractivity contribution >= 4 is 5.78 Å². The molecule has 5 rings (SSSR count). The Balaban J connectivity index is 1.77. The highest BCUT2D eigenvalue weighted by molar-refractivity contribution is 5.89. The van der Waals surface area contributed by atoms with Crippen molar-refractivity contribution in [1.29, 1.82) is 0 Å². The third-order valence-electron chi connectivity index (χ3n) is 5.70. The van der Waals surface area contributed by atoms with Gasteiger partial charge in [0.2, 0.25) is 0 Å². The largest absolute Gasteiger partial charge is 0.493 e. The summed E-state index contributed by atoms with van der Waals surface area (Å²) in [7, 11) is -2.75. The zero-order valence-electron chi connectivity index (χ0n) is 20.8. The van der Waals surface area contributed by atoms with Crippen molar-refractivity contribution in [3.63, 3.8) is 0 Å². The van der Waals surface area contributed by atoms with Crippen LogP contribution in [0.15, 0.2) is 12.1 Å². The van der Waals surface area contributed by atoms with Gasteiger partial charge in [0.15, 0.2) is 23.4 Å². The lowest BCUT2D eigenvalue weighted by Gasteiger charge is -2.57. The average Bonchev–Trinajstić information content (AvgIpc) is 2.93. The number of hydrogen-bond donors (Lipinski definition) is 0. The van der Waals surface area contributed by atoms with E-state index in [-0.39, 0.29) is 37.3 Å². The van der Waals surface area contributed by atoms with Crippen LogP contribution in [0, 0.1) is 5.92 Å². The summed E-state index contributed by atoms with van der Waals surface area (Å²) in [6, 6.07) is 1.33. The molecule has 116 valence electrons. The van der Waals surface area contributed by atoms with E-state index in [0.717, 1.165) is 4.90 Å². The predicted molar refractivity (Wildman–Crippen MR) is 81.6 cm³/mol. The minimum absolute atomic E-state index is 0.00542. The topological polar surface area (TPSA) is 38.8 Å². The monoisotopic (exact) mass is 308 g/mol. The number of benzene rings is 1. The van der Waals surface area contributed by atoms with Gasteiger partial charge in [-0.1, -0.05) is 6.07 Å². The molecule has 4 heteroatoms. The van der Waals surface area contributed by atoms with Gasteiger partial charge in [0.05, 0.1) is 11.2 Å². The second kappa shape index (κ2) is 4.05. The maximum Gasteiger partial charge on any atom is 0.174 e. The number of Topliss-reactive ketones (excluding diaryl/α,β-unsaturated/α-hetero) is 1. The SMILES string of the molecule is [2H]C([2H])([2H])Oc1ccc2c3c1OC1C(=O)C([2H])([2H])C[C@@H]4[C@@]31CCN(C([2H])([2H])[2H])[C@]4([2H])C2. The van der Waals surface area contributed by atoms with Crippen LogP contribution in [0.2, 0.25) is 0 Å². The summed E-state index contributed by atoms with van der Waals surface area (Å²) in [5.41, 5.74) is 0.0791. The standard InChI is InChI=1S/C18H21NO3/c1-19-8-7-18-11-4-5-13(20)17(18)22-16-14(21-2)6-3-10(15(16)18)9-12(11)19/h3,6,11-12,17H,4-5,7-9H2,1-2H3/t11-,12+,17?,18-/m0/s1/i1D3,2D3,5D2,12D. The van der Waals surface area contributed by atoms with Crippen molar-refractivity contribution in [2.24, 2.45) is 5.92 Å². The molecule has 2 aliphatic carbocycles. The molecule has 4 nitrogen and oxygen atoms in total. The third kappa shape index (κ3) is 1.27. The molecule has 4 aliphatic rings. The number of ether oxygens (including phenoxy) is 2. The molecule has 1 aromatic carbocycles. The summed E-state index contributed by atoms with van der Waals surface area (Å²) in [6.07, 6.45) is -3.69. The van der Waals surface area contributed by atoms with Crippen LogP contribution < -0.4 is 9.47 Å². The van der Waals surface area contributed by atoms with Crippen molar-refractivity contribution < 1.29 is 26.6 Å². The molecule has 0 aromatic heterocycles. The van der Waals surface area contributed by atoms with Crippen LogP contribution >= 0.6 is 0 Å². The van der Waals surface area contributed by atoms with E-state index in [1.807, 2.05) is 0 Å². The highest BCUT2D eigenvalue weighted by Gasteiger charge is 2.65. The van der Waals surface area contributed by atoms with E-state index in [4.69, 9.17) is 20.4 Å². The lowest BCUT2D eigenvalue weighted by Crippen LogP contribution is -2.65. The molecule has 0 N–H and O–H groups in total. The van der Waals surface area contributed by atoms with Crippen LogP contribution in [0.3, 0.4) is 0 Å². The van der Waals surface area contributed by atoms with E-state index in [1.165, 1.54) is 6.07 Å². The maximum absolute atomic E-state index is 13.1. The number of rotatable bonds is 1. The fourth-order valence-corrected chi connectivity index (χ4v) is 4.82. The Morgan fingerprint density at radius 3 is 3.41 bits per heavy atom. The summed E-state index contributed by atoms with van der Waals surface area (Å²) >= 11 is 0. The molecular formula is C18H21NO3. The van der Waals surface area contributed by atoms with Crippen molar-refractivity contribution in [2.75, 3.05) is 20.6 Å². The molecule has 1 saturated carbocycles. The van der Waals surface area contributed by atoms with E-state index in [9.17, 15) is 6.17 Å². The van der Waals surface area contributed by atoms with E-state index in [0.29, 0.717) is 11.1 Å². The van der Waals surface area contributed by atoms with Crippen molar-refractivity contribution in [3.05, 3.63) is 23.3 Å². The molecule has 22 heavy (non-hydrogen) atoms. The van der Waals surface area contributed by atoms with Gasteiger partial charge in [-0.3, -0.25) is 4.79 Å². The molecule has 2 aliphatic heterocycles. The molecule has 1 spiro atoms. The van der Waals surface area contributed by atoms with Gasteiger partial charge < -0.3 is 14.4 Å². The molecule has 1 unspecified atom stereocenters. The number of carbonyl (C=O) groups excluding carboxylic acids is 1. The zero-order valence-corrected chi connectivity index (χ0v) is 11.8. The number of likely N-dealkylation sites (tertiary alicyclic amines) is 1. The first-order chi connectivity index (χ1) is 14.1. The summed E-state index contributed by atoms with van der Waals surface area (Å²) in [5, 5.41) is 0. The molecule has 1 aromatic rings. The van der Waals surface area contributed by atoms with Crippen molar-refractivity contribution in [3.8, 4) is 11.5 Å². The van der Waals surface area contributed by atoms with E-state index in [1.54, 1.807) is 6.07 Å². The van der Waals surface area contributed by atoms with E-state index in [2.05, 4.69) is 0 Å². The lowest BCUT2D eigenvalue weighted by molar-refractivity contribution is -0.138. The zero-order chi connectivity index (χ0) is 22.8. The number of methoxy groups -OCH3 is 1. The molecule has 1 saturated heterocycles. The molecule has 0 radical (unpaired) electrons. The van der Waals surface area contributed by atoms with Crippen molar-refractivity contribution in [1.82, 2.24) is 4.90 Å². The summed E-state index contributed by atoms with van der Waals surface area (Å²) < 4.78 is 83.1. The number of ketones is 1. The van der Waals surface area contributed by atoms with Gasteiger partial charge >= 0.3 is 0 Å². The normalized spacial score (nSPS) is 51.3. The maximum atomic E-state index is 13.1. The Kier molecular flexibility index (Phi) is 1.27. The average molecular weight is 308 g/mol. The number of carbonyl (C=O) groups is 1. The first-order valence-corrected chi connectivity index (χ1v) is 7.45. The third-order valence-corrected chi connectivity index (χ3v) is 5.70. The van der Waals surface area contributed by atoms with Crippen LogP contribution in [0.5, 0.6) is 11.5 Å². The smallest absolute Gasteiger partial charge is 0.174 e. The van der Waals surface area contributed by atoms with E-state index < -0.39 is 49.6 Å². The molecular weight excluding hydrogens is 278 g/mol. The minimum atomic E-state index is -2.75. The Morgan fingerprint density at radius 1 is 1.59 bits per heavy atom. The molecule has 0 amide bonds. The van der Waals surface area contributed by atoms with Gasteiger partial charge in [-0.25, -0.2) is 0 Å². The summed E-state index contributed by atoms with van der Waals surface area (Å²) in [6.45, 7) is -2.55. The first-order valence-electron chi connectivity index (χ1n) is 12.0. The Bertz CT molecular complexity index is 991. The Labute approximate surface area is 143 Å². The number of nitrogens with zero attached hydrogens (tertiary/aromatic N) is 1. The Hall–Kier alpha value is -1.55.